The van der Waals surface area contributed by atoms with Gasteiger partial charge in [0.05, 0.1) is 10.6 Å². The highest BCUT2D eigenvalue weighted by molar-refractivity contribution is 7.80. The maximum Gasteiger partial charge on any atom is 0.256 e. The molecule has 0 saturated carbocycles. The fourth-order valence-corrected chi connectivity index (χ4v) is 2.44. The van der Waals surface area contributed by atoms with Crippen molar-refractivity contribution < 1.29 is 13.6 Å². The first kappa shape index (κ1) is 13.9. The lowest BCUT2D eigenvalue weighted by atomic mass is 9.96. The Bertz CT molecular complexity index is 513. The molecule has 0 aliphatic carbocycles. The van der Waals surface area contributed by atoms with Gasteiger partial charge in [0.2, 0.25) is 0 Å². The zero-order valence-electron chi connectivity index (χ0n) is 10.2. The van der Waals surface area contributed by atoms with Gasteiger partial charge in [-0.05, 0) is 25.0 Å². The summed E-state index contributed by atoms with van der Waals surface area (Å²) in [6.45, 7) is 0.968. The average Bonchev–Trinajstić information content (AvgIpc) is 2.38. The molecule has 0 unspecified atom stereocenters. The summed E-state index contributed by atoms with van der Waals surface area (Å²) in [4.78, 5) is 14.1. The number of piperidine rings is 1. The molecule has 1 aliphatic heterocycles. The molecule has 1 amide bonds. The molecule has 2 N–H and O–H groups in total. The minimum atomic E-state index is -0.832. The van der Waals surface area contributed by atoms with Gasteiger partial charge < -0.3 is 10.6 Å². The highest BCUT2D eigenvalue weighted by atomic mass is 32.1. The number of nitrogens with zero attached hydrogens (tertiary/aromatic N) is 1. The van der Waals surface area contributed by atoms with Crippen molar-refractivity contribution in [3.63, 3.8) is 0 Å². The third-order valence-corrected chi connectivity index (χ3v) is 3.68. The molecule has 1 fully saturated rings. The van der Waals surface area contributed by atoms with Gasteiger partial charge in [-0.1, -0.05) is 12.2 Å². The van der Waals surface area contributed by atoms with Gasteiger partial charge in [-0.2, -0.15) is 0 Å². The number of halogens is 2. The van der Waals surface area contributed by atoms with E-state index >= 15 is 0 Å². The van der Waals surface area contributed by atoms with E-state index in [1.54, 1.807) is 4.90 Å². The normalized spacial score (nSPS) is 16.4. The van der Waals surface area contributed by atoms with Crippen LogP contribution in [0.4, 0.5) is 8.78 Å². The number of likely N-dealkylation sites (tertiary alicyclic amines) is 1. The molecule has 19 heavy (non-hydrogen) atoms. The van der Waals surface area contributed by atoms with Gasteiger partial charge in [0.15, 0.2) is 0 Å². The van der Waals surface area contributed by atoms with Crippen LogP contribution in [0, 0.1) is 17.6 Å². The first-order chi connectivity index (χ1) is 8.99. The number of rotatable bonds is 2. The average molecular weight is 284 g/mol. The third kappa shape index (κ3) is 3.07. The molecule has 102 valence electrons. The Balaban J connectivity index is 2.07. The van der Waals surface area contributed by atoms with Gasteiger partial charge in [0.1, 0.15) is 11.6 Å². The Hall–Kier alpha value is -1.56. The summed E-state index contributed by atoms with van der Waals surface area (Å²) in [6.07, 6.45) is 1.37. The maximum atomic E-state index is 13.5. The Kier molecular flexibility index (Phi) is 4.09. The molecule has 1 heterocycles. The van der Waals surface area contributed by atoms with E-state index in [2.05, 4.69) is 0 Å². The molecular weight excluding hydrogens is 270 g/mol. The second kappa shape index (κ2) is 5.61. The van der Waals surface area contributed by atoms with Crippen LogP contribution >= 0.6 is 12.2 Å². The van der Waals surface area contributed by atoms with Gasteiger partial charge in [-0.3, -0.25) is 4.79 Å². The predicted molar refractivity (Wildman–Crippen MR) is 71.8 cm³/mol. The molecule has 1 aromatic carbocycles. The number of amides is 1. The fourth-order valence-electron chi connectivity index (χ4n) is 2.20. The van der Waals surface area contributed by atoms with Crippen LogP contribution in [-0.2, 0) is 0 Å². The summed E-state index contributed by atoms with van der Waals surface area (Å²) in [7, 11) is 0. The lowest BCUT2D eigenvalue weighted by Crippen LogP contribution is -2.41. The molecule has 0 spiro atoms. The Labute approximate surface area is 115 Å². The molecule has 0 aromatic heterocycles. The monoisotopic (exact) mass is 284 g/mol. The van der Waals surface area contributed by atoms with E-state index in [1.165, 1.54) is 6.07 Å². The van der Waals surface area contributed by atoms with Crippen molar-refractivity contribution in [1.82, 2.24) is 4.90 Å². The second-order valence-electron chi connectivity index (χ2n) is 4.59. The zero-order chi connectivity index (χ0) is 14.0. The summed E-state index contributed by atoms with van der Waals surface area (Å²) in [6, 6.07) is 2.97. The van der Waals surface area contributed by atoms with Crippen LogP contribution in [0.1, 0.15) is 23.2 Å². The zero-order valence-corrected chi connectivity index (χ0v) is 11.1. The van der Waals surface area contributed by atoms with Crippen LogP contribution < -0.4 is 5.73 Å². The number of hydrogen-bond donors (Lipinski definition) is 1. The van der Waals surface area contributed by atoms with Crippen molar-refractivity contribution in [2.45, 2.75) is 12.8 Å². The van der Waals surface area contributed by atoms with Crippen LogP contribution in [0.25, 0.3) is 0 Å². The van der Waals surface area contributed by atoms with E-state index < -0.39 is 17.5 Å². The maximum absolute atomic E-state index is 13.5. The minimum absolute atomic E-state index is 0.102. The molecule has 3 nitrogen and oxygen atoms in total. The largest absolute Gasteiger partial charge is 0.393 e. The van der Waals surface area contributed by atoms with Crippen molar-refractivity contribution in [3.8, 4) is 0 Å². The number of nitrogens with two attached hydrogens (primary N) is 1. The number of carbonyl (C=O) groups excluding carboxylic acids is 1. The van der Waals surface area contributed by atoms with E-state index in [0.717, 1.165) is 12.1 Å². The number of hydrogen-bond acceptors (Lipinski definition) is 2. The Morgan fingerprint density at radius 1 is 1.32 bits per heavy atom. The van der Waals surface area contributed by atoms with E-state index in [1.807, 2.05) is 0 Å². The number of thiocarbonyl (C=S) groups is 1. The first-order valence-electron chi connectivity index (χ1n) is 6.02. The minimum Gasteiger partial charge on any atom is -0.393 e. The number of carbonyl (C=O) groups is 1. The third-order valence-electron chi connectivity index (χ3n) is 3.35. The smallest absolute Gasteiger partial charge is 0.256 e. The van der Waals surface area contributed by atoms with Crippen molar-refractivity contribution in [1.29, 1.82) is 0 Å². The molecule has 1 aliphatic rings. The summed E-state index contributed by atoms with van der Waals surface area (Å²) in [5.41, 5.74) is 5.47. The number of benzene rings is 1. The van der Waals surface area contributed by atoms with Gasteiger partial charge in [0.25, 0.3) is 5.91 Å². The van der Waals surface area contributed by atoms with Crippen molar-refractivity contribution in [2.24, 2.45) is 11.7 Å². The van der Waals surface area contributed by atoms with E-state index in [4.69, 9.17) is 18.0 Å². The lowest BCUT2D eigenvalue weighted by Gasteiger charge is -2.31. The van der Waals surface area contributed by atoms with Gasteiger partial charge in [-0.25, -0.2) is 8.78 Å². The summed E-state index contributed by atoms with van der Waals surface area (Å²) in [5.74, 6) is -1.81. The SMILES string of the molecule is NC(=S)C1CCN(C(=O)c2ccc(F)cc2F)CC1. The van der Waals surface area contributed by atoms with Crippen molar-refractivity contribution >= 4 is 23.1 Å². The van der Waals surface area contributed by atoms with E-state index in [9.17, 15) is 13.6 Å². The van der Waals surface area contributed by atoms with Crippen molar-refractivity contribution in [2.75, 3.05) is 13.1 Å². The first-order valence-corrected chi connectivity index (χ1v) is 6.43. The predicted octanol–water partition coefficient (Wildman–Crippen LogP) is 2.10. The molecule has 2 rings (SSSR count). The van der Waals surface area contributed by atoms with Crippen LogP contribution in [-0.4, -0.2) is 28.9 Å². The summed E-state index contributed by atoms with van der Waals surface area (Å²) < 4.78 is 26.3. The van der Waals surface area contributed by atoms with Crippen LogP contribution in [0.2, 0.25) is 0 Å². The lowest BCUT2D eigenvalue weighted by molar-refractivity contribution is 0.0705. The van der Waals surface area contributed by atoms with E-state index in [-0.39, 0.29) is 11.5 Å². The topological polar surface area (TPSA) is 46.3 Å². The molecule has 1 aromatic rings. The molecule has 0 bridgehead atoms. The molecule has 0 atom stereocenters. The highest BCUT2D eigenvalue weighted by Gasteiger charge is 2.26. The second-order valence-corrected chi connectivity index (χ2v) is 5.06. The summed E-state index contributed by atoms with van der Waals surface area (Å²) >= 11 is 4.92. The quantitative estimate of drug-likeness (QED) is 0.846. The van der Waals surface area contributed by atoms with Crippen molar-refractivity contribution in [3.05, 3.63) is 35.4 Å². The van der Waals surface area contributed by atoms with Crippen LogP contribution in [0.15, 0.2) is 18.2 Å². The van der Waals surface area contributed by atoms with Crippen LogP contribution in [0.5, 0.6) is 0 Å². The Morgan fingerprint density at radius 3 is 2.47 bits per heavy atom. The molecular formula is C13H14F2N2OS. The highest BCUT2D eigenvalue weighted by Crippen LogP contribution is 2.20. The fraction of sp³-hybridized carbons (Fsp3) is 0.385. The van der Waals surface area contributed by atoms with Gasteiger partial charge in [0, 0.05) is 25.1 Å². The molecule has 1 saturated heterocycles. The molecule has 6 heteroatoms. The van der Waals surface area contributed by atoms with E-state index in [0.29, 0.717) is 30.9 Å². The summed E-state index contributed by atoms with van der Waals surface area (Å²) in [5, 5.41) is 0. The Morgan fingerprint density at radius 2 is 1.95 bits per heavy atom. The standard InChI is InChI=1S/C13H14F2N2OS/c14-9-1-2-10(11(15)7-9)13(18)17-5-3-8(4-6-17)12(16)19/h1-2,7-8H,3-6H2,(H2,16,19). The van der Waals surface area contributed by atoms with Gasteiger partial charge >= 0.3 is 0 Å². The van der Waals surface area contributed by atoms with Crippen LogP contribution in [0.3, 0.4) is 0 Å². The molecule has 0 radical (unpaired) electrons. The van der Waals surface area contributed by atoms with Gasteiger partial charge in [-0.15, -0.1) is 0 Å².